The maximum absolute atomic E-state index is 8.87. The Morgan fingerprint density at radius 1 is 0.926 bits per heavy atom. The third-order valence-electron chi connectivity index (χ3n) is 4.69. The molecule has 0 aliphatic carbocycles. The predicted molar refractivity (Wildman–Crippen MR) is 124 cm³/mol. The number of rotatable bonds is 2. The second-order valence-electron chi connectivity index (χ2n) is 6.54. The fraction of sp³-hybridized carbons (Fsp3) is 0.0870. The molecule has 0 atom stereocenters. The highest BCUT2D eigenvalue weighted by molar-refractivity contribution is 9.10. The van der Waals surface area contributed by atoms with Crippen molar-refractivity contribution in [1.82, 2.24) is 0 Å². The van der Waals surface area contributed by atoms with Gasteiger partial charge in [-0.3, -0.25) is 5.41 Å². The predicted octanol–water partition coefficient (Wildman–Crippen LogP) is 6.87. The Kier molecular flexibility index (Phi) is 5.98. The molecular weight excluding hydrogens is 464 g/mol. The number of hydrogen-bond acceptors (Lipinski definition) is 1. The van der Waals surface area contributed by atoms with E-state index in [1.165, 1.54) is 11.1 Å². The Morgan fingerprint density at radius 3 is 2.30 bits per heavy atom. The van der Waals surface area contributed by atoms with E-state index in [2.05, 4.69) is 88.4 Å². The van der Waals surface area contributed by atoms with Crippen molar-refractivity contribution in [1.29, 1.82) is 5.41 Å². The van der Waals surface area contributed by atoms with Crippen molar-refractivity contribution in [2.75, 3.05) is 4.90 Å². The zero-order chi connectivity index (χ0) is 18.1. The molecule has 1 aliphatic rings. The molecule has 1 heterocycles. The van der Waals surface area contributed by atoms with Gasteiger partial charge in [0.1, 0.15) is 5.84 Å². The topological polar surface area (TPSA) is 27.1 Å². The van der Waals surface area contributed by atoms with Crippen LogP contribution in [-0.4, -0.2) is 5.84 Å². The Labute approximate surface area is 179 Å². The van der Waals surface area contributed by atoms with Crippen LogP contribution in [0, 0.1) is 12.3 Å². The van der Waals surface area contributed by atoms with Gasteiger partial charge in [-0.25, -0.2) is 0 Å². The molecular formula is C23H20Br2N2. The molecule has 0 aromatic heterocycles. The molecule has 2 nitrogen and oxygen atoms in total. The maximum atomic E-state index is 8.87. The van der Waals surface area contributed by atoms with Crippen molar-refractivity contribution in [3.05, 3.63) is 99.5 Å². The Balaban J connectivity index is 0.00000210. The average Bonchev–Trinajstić information content (AvgIpc) is 2.66. The van der Waals surface area contributed by atoms with E-state index in [-0.39, 0.29) is 17.0 Å². The van der Waals surface area contributed by atoms with E-state index in [1.54, 1.807) is 0 Å². The van der Waals surface area contributed by atoms with Crippen molar-refractivity contribution in [2.45, 2.75) is 13.5 Å². The Bertz CT molecular complexity index is 990. The number of anilines is 1. The van der Waals surface area contributed by atoms with Crippen molar-refractivity contribution in [3.8, 4) is 0 Å². The van der Waals surface area contributed by atoms with Gasteiger partial charge in [0.25, 0.3) is 0 Å². The molecule has 4 rings (SSSR count). The molecule has 0 unspecified atom stereocenters. The summed E-state index contributed by atoms with van der Waals surface area (Å²) in [6.45, 7) is 2.80. The Hall–Kier alpha value is -2.17. The first-order chi connectivity index (χ1) is 12.6. The van der Waals surface area contributed by atoms with E-state index in [0.29, 0.717) is 5.84 Å². The molecule has 27 heavy (non-hydrogen) atoms. The standard InChI is InChI=1S/C23H19BrN2.BrH/c1-16-6-12-20(13-7-16)26-15-18-4-2-3-5-21(18)22(23(26)25)14-17-8-10-19(24)11-9-17;/h2-14,25H,15H2,1H3;1H. The van der Waals surface area contributed by atoms with Crippen LogP contribution in [0.5, 0.6) is 0 Å². The van der Waals surface area contributed by atoms with Gasteiger partial charge in [-0.1, -0.05) is 70.0 Å². The highest BCUT2D eigenvalue weighted by atomic mass is 79.9. The van der Waals surface area contributed by atoms with Gasteiger partial charge in [-0.15, -0.1) is 17.0 Å². The van der Waals surface area contributed by atoms with Gasteiger partial charge in [-0.2, -0.15) is 0 Å². The third-order valence-corrected chi connectivity index (χ3v) is 5.22. The minimum absolute atomic E-state index is 0. The molecule has 1 aliphatic heterocycles. The molecule has 0 saturated carbocycles. The van der Waals surface area contributed by atoms with E-state index in [9.17, 15) is 0 Å². The van der Waals surface area contributed by atoms with E-state index >= 15 is 0 Å². The summed E-state index contributed by atoms with van der Waals surface area (Å²) in [5, 5.41) is 8.87. The monoisotopic (exact) mass is 482 g/mol. The number of fused-ring (bicyclic) bond motifs is 1. The summed E-state index contributed by atoms with van der Waals surface area (Å²) < 4.78 is 1.06. The summed E-state index contributed by atoms with van der Waals surface area (Å²) in [4.78, 5) is 2.08. The lowest BCUT2D eigenvalue weighted by molar-refractivity contribution is 0.980. The molecule has 0 bridgehead atoms. The van der Waals surface area contributed by atoms with Gasteiger partial charge in [0, 0.05) is 15.7 Å². The van der Waals surface area contributed by atoms with Gasteiger partial charge >= 0.3 is 0 Å². The van der Waals surface area contributed by atoms with Gasteiger partial charge in [0.2, 0.25) is 0 Å². The summed E-state index contributed by atoms with van der Waals surface area (Å²) in [5.74, 6) is 0.537. The number of amidine groups is 1. The van der Waals surface area contributed by atoms with Gasteiger partial charge < -0.3 is 4.90 Å². The molecule has 3 aromatic rings. The number of halogens is 2. The van der Waals surface area contributed by atoms with Crippen LogP contribution >= 0.6 is 32.9 Å². The van der Waals surface area contributed by atoms with Crippen LogP contribution in [0.15, 0.2) is 77.3 Å². The van der Waals surface area contributed by atoms with Crippen molar-refractivity contribution in [3.63, 3.8) is 0 Å². The number of aryl methyl sites for hydroxylation is 1. The summed E-state index contributed by atoms with van der Waals surface area (Å²) in [7, 11) is 0. The van der Waals surface area contributed by atoms with Crippen molar-refractivity contribution >= 4 is 56.1 Å². The van der Waals surface area contributed by atoms with Gasteiger partial charge in [-0.05, 0) is 54.0 Å². The first kappa shape index (κ1) is 19.6. The van der Waals surface area contributed by atoms with Gasteiger partial charge in [0.15, 0.2) is 0 Å². The molecule has 0 amide bonds. The molecule has 4 heteroatoms. The van der Waals surface area contributed by atoms with Crippen LogP contribution in [0.2, 0.25) is 0 Å². The Morgan fingerprint density at radius 2 is 1.59 bits per heavy atom. The number of nitrogens with one attached hydrogen (secondary N) is 1. The summed E-state index contributed by atoms with van der Waals surface area (Å²) >= 11 is 3.48. The lowest BCUT2D eigenvalue weighted by Gasteiger charge is -2.33. The highest BCUT2D eigenvalue weighted by Crippen LogP contribution is 2.33. The summed E-state index contributed by atoms with van der Waals surface area (Å²) in [6.07, 6.45) is 2.11. The smallest absolute Gasteiger partial charge is 0.133 e. The molecule has 1 N–H and O–H groups in total. The third kappa shape index (κ3) is 4.07. The first-order valence-electron chi connectivity index (χ1n) is 8.60. The minimum Gasteiger partial charge on any atom is -0.322 e. The maximum Gasteiger partial charge on any atom is 0.133 e. The molecule has 0 fully saturated rings. The van der Waals surface area contributed by atoms with E-state index in [1.807, 2.05) is 18.2 Å². The zero-order valence-corrected chi connectivity index (χ0v) is 18.2. The lowest BCUT2D eigenvalue weighted by atomic mass is 9.92. The van der Waals surface area contributed by atoms with Crippen LogP contribution < -0.4 is 4.90 Å². The van der Waals surface area contributed by atoms with E-state index < -0.39 is 0 Å². The average molecular weight is 484 g/mol. The SMILES string of the molecule is Br.Cc1ccc(N2Cc3ccccc3C(=Cc3ccc(Br)cc3)C2=N)cc1. The van der Waals surface area contributed by atoms with Crippen molar-refractivity contribution < 1.29 is 0 Å². The first-order valence-corrected chi connectivity index (χ1v) is 9.40. The van der Waals surface area contributed by atoms with E-state index in [4.69, 9.17) is 5.41 Å². The second-order valence-corrected chi connectivity index (χ2v) is 7.45. The molecule has 3 aromatic carbocycles. The highest BCUT2D eigenvalue weighted by Gasteiger charge is 2.25. The van der Waals surface area contributed by atoms with Crippen LogP contribution in [0.1, 0.15) is 22.3 Å². The fourth-order valence-corrected chi connectivity index (χ4v) is 3.52. The second kappa shape index (κ2) is 8.24. The molecule has 0 saturated heterocycles. The lowest BCUT2D eigenvalue weighted by Crippen LogP contribution is -2.34. The molecule has 136 valence electrons. The number of nitrogens with zero attached hydrogens (tertiary/aromatic N) is 1. The minimum atomic E-state index is 0. The summed E-state index contributed by atoms with van der Waals surface area (Å²) in [5.41, 5.74) is 6.71. The largest absolute Gasteiger partial charge is 0.322 e. The fourth-order valence-electron chi connectivity index (χ4n) is 3.26. The summed E-state index contributed by atoms with van der Waals surface area (Å²) in [6, 6.07) is 25.0. The van der Waals surface area contributed by atoms with Crippen LogP contribution in [0.25, 0.3) is 11.6 Å². The van der Waals surface area contributed by atoms with Crippen molar-refractivity contribution in [2.24, 2.45) is 0 Å². The normalized spacial score (nSPS) is 14.7. The number of benzene rings is 3. The molecule has 0 radical (unpaired) electrons. The molecule has 0 spiro atoms. The number of hydrogen-bond donors (Lipinski definition) is 1. The van der Waals surface area contributed by atoms with E-state index in [0.717, 1.165) is 33.4 Å². The van der Waals surface area contributed by atoms with Crippen LogP contribution in [0.4, 0.5) is 5.69 Å². The zero-order valence-electron chi connectivity index (χ0n) is 14.9. The van der Waals surface area contributed by atoms with Gasteiger partial charge in [0.05, 0.1) is 6.54 Å². The quantitative estimate of drug-likeness (QED) is 0.422. The van der Waals surface area contributed by atoms with Crippen LogP contribution in [0.3, 0.4) is 0 Å². The van der Waals surface area contributed by atoms with Crippen LogP contribution in [-0.2, 0) is 6.54 Å².